The normalized spacial score (nSPS) is 33.8. The van der Waals surface area contributed by atoms with Crippen LogP contribution in [0, 0.1) is 10.8 Å². The fourth-order valence-corrected chi connectivity index (χ4v) is 2.00. The molecule has 0 bridgehead atoms. The predicted molar refractivity (Wildman–Crippen MR) is 52.4 cm³/mol. The summed E-state index contributed by atoms with van der Waals surface area (Å²) >= 11 is 0. The highest BCUT2D eigenvalue weighted by Gasteiger charge is 2.56. The Hall–Kier alpha value is -0.370. The second kappa shape index (κ2) is 2.57. The molecule has 1 fully saturated rings. The van der Waals surface area contributed by atoms with Gasteiger partial charge in [-0.05, 0) is 18.3 Å². The van der Waals surface area contributed by atoms with E-state index in [2.05, 4.69) is 0 Å². The van der Waals surface area contributed by atoms with Gasteiger partial charge in [-0.2, -0.15) is 0 Å². The Morgan fingerprint density at radius 3 is 1.85 bits per heavy atom. The Balaban J connectivity index is 3.05. The Morgan fingerprint density at radius 1 is 1.23 bits per heavy atom. The molecule has 0 spiro atoms. The van der Waals surface area contributed by atoms with Crippen LogP contribution in [0.2, 0.25) is 0 Å². The molecule has 0 aliphatic heterocycles. The Morgan fingerprint density at radius 2 is 1.69 bits per heavy atom. The molecule has 0 aromatic heterocycles. The molecular weight excluding hydrogens is 164 g/mol. The molecule has 1 saturated carbocycles. The summed E-state index contributed by atoms with van der Waals surface area (Å²) < 4.78 is 0. The zero-order chi connectivity index (χ0) is 10.5. The van der Waals surface area contributed by atoms with E-state index in [1.165, 1.54) is 0 Å². The minimum atomic E-state index is -1.11. The fraction of sp³-hybridized carbons (Fsp3) is 0.909. The number of carbonyl (C=O) groups excluding carboxylic acids is 1. The standard InChI is InChI=1S/C11H20O2/c1-9(2,3)11(13)7-6-10(4,5)8(11)12/h13H,6-7H2,1-5H3/t11-/m1/s1. The highest BCUT2D eigenvalue weighted by molar-refractivity contribution is 5.94. The van der Waals surface area contributed by atoms with Crippen molar-refractivity contribution < 1.29 is 9.90 Å². The number of hydrogen-bond donors (Lipinski definition) is 1. The second-order valence-electron chi connectivity index (χ2n) is 5.82. The van der Waals surface area contributed by atoms with E-state index in [1.807, 2.05) is 34.6 Å². The fourth-order valence-electron chi connectivity index (χ4n) is 2.00. The van der Waals surface area contributed by atoms with Gasteiger partial charge in [-0.1, -0.05) is 34.6 Å². The zero-order valence-corrected chi connectivity index (χ0v) is 9.27. The minimum Gasteiger partial charge on any atom is -0.382 e. The molecular formula is C11H20O2. The molecule has 0 unspecified atom stereocenters. The van der Waals surface area contributed by atoms with Gasteiger partial charge in [-0.25, -0.2) is 0 Å². The van der Waals surface area contributed by atoms with Crippen LogP contribution >= 0.6 is 0 Å². The molecule has 0 saturated heterocycles. The molecule has 0 aromatic carbocycles. The lowest BCUT2D eigenvalue weighted by Crippen LogP contribution is -2.49. The number of aliphatic hydroxyl groups is 1. The Labute approximate surface area is 80.3 Å². The van der Waals surface area contributed by atoms with Crippen molar-refractivity contribution in [2.75, 3.05) is 0 Å². The third-order valence-electron chi connectivity index (χ3n) is 3.34. The lowest BCUT2D eigenvalue weighted by atomic mass is 9.72. The van der Waals surface area contributed by atoms with E-state index in [9.17, 15) is 9.90 Å². The molecule has 76 valence electrons. The lowest BCUT2D eigenvalue weighted by Gasteiger charge is -2.36. The Kier molecular flexibility index (Phi) is 2.11. The maximum Gasteiger partial charge on any atom is 0.170 e. The van der Waals surface area contributed by atoms with E-state index in [0.29, 0.717) is 6.42 Å². The van der Waals surface area contributed by atoms with E-state index in [-0.39, 0.29) is 16.6 Å². The topological polar surface area (TPSA) is 37.3 Å². The van der Waals surface area contributed by atoms with Crippen LogP contribution in [0.5, 0.6) is 0 Å². The molecule has 0 aromatic rings. The summed E-state index contributed by atoms with van der Waals surface area (Å²) in [6, 6.07) is 0. The van der Waals surface area contributed by atoms with Gasteiger partial charge in [0.05, 0.1) is 0 Å². The van der Waals surface area contributed by atoms with Gasteiger partial charge in [0.15, 0.2) is 5.78 Å². The maximum atomic E-state index is 11.9. The summed E-state index contributed by atoms with van der Waals surface area (Å²) in [6.45, 7) is 9.60. The van der Waals surface area contributed by atoms with Gasteiger partial charge in [-0.15, -0.1) is 0 Å². The molecule has 1 N–H and O–H groups in total. The summed E-state index contributed by atoms with van der Waals surface area (Å²) in [7, 11) is 0. The average Bonchev–Trinajstić information content (AvgIpc) is 2.14. The smallest absolute Gasteiger partial charge is 0.170 e. The number of carbonyl (C=O) groups is 1. The van der Waals surface area contributed by atoms with E-state index in [1.54, 1.807) is 0 Å². The number of ketones is 1. The minimum absolute atomic E-state index is 0.00694. The van der Waals surface area contributed by atoms with Crippen LogP contribution in [-0.2, 0) is 4.79 Å². The Bertz CT molecular complexity index is 235. The van der Waals surface area contributed by atoms with Gasteiger partial charge in [0.1, 0.15) is 5.60 Å². The van der Waals surface area contributed by atoms with Crippen molar-refractivity contribution in [2.45, 2.75) is 53.1 Å². The van der Waals surface area contributed by atoms with Crippen molar-refractivity contribution in [3.8, 4) is 0 Å². The number of rotatable bonds is 0. The summed E-state index contributed by atoms with van der Waals surface area (Å²) in [5, 5.41) is 10.3. The molecule has 0 heterocycles. The van der Waals surface area contributed by atoms with Gasteiger partial charge in [0.25, 0.3) is 0 Å². The van der Waals surface area contributed by atoms with Crippen LogP contribution in [-0.4, -0.2) is 16.5 Å². The quantitative estimate of drug-likeness (QED) is 0.626. The molecule has 0 amide bonds. The van der Waals surface area contributed by atoms with Crippen molar-refractivity contribution in [3.63, 3.8) is 0 Å². The highest BCUT2D eigenvalue weighted by Crippen LogP contribution is 2.48. The molecule has 13 heavy (non-hydrogen) atoms. The average molecular weight is 184 g/mol. The van der Waals surface area contributed by atoms with Gasteiger partial charge in [0.2, 0.25) is 0 Å². The third-order valence-corrected chi connectivity index (χ3v) is 3.34. The lowest BCUT2D eigenvalue weighted by molar-refractivity contribution is -0.150. The van der Waals surface area contributed by atoms with E-state index < -0.39 is 5.60 Å². The number of Topliss-reactive ketones (excluding diaryl/α,β-unsaturated/α-hetero) is 1. The van der Waals surface area contributed by atoms with Crippen LogP contribution < -0.4 is 0 Å². The zero-order valence-electron chi connectivity index (χ0n) is 9.27. The highest BCUT2D eigenvalue weighted by atomic mass is 16.3. The van der Waals surface area contributed by atoms with Crippen LogP contribution in [0.1, 0.15) is 47.5 Å². The molecule has 2 nitrogen and oxygen atoms in total. The van der Waals surface area contributed by atoms with Crippen molar-refractivity contribution in [2.24, 2.45) is 10.8 Å². The predicted octanol–water partition coefficient (Wildman–Crippen LogP) is 2.15. The van der Waals surface area contributed by atoms with Crippen LogP contribution in [0.4, 0.5) is 0 Å². The summed E-state index contributed by atoms with van der Waals surface area (Å²) in [5.41, 5.74) is -1.81. The summed E-state index contributed by atoms with van der Waals surface area (Å²) in [4.78, 5) is 11.9. The number of hydrogen-bond acceptors (Lipinski definition) is 2. The first-order valence-electron chi connectivity index (χ1n) is 4.88. The molecule has 1 aliphatic rings. The van der Waals surface area contributed by atoms with Crippen molar-refractivity contribution in [1.29, 1.82) is 0 Å². The van der Waals surface area contributed by atoms with Gasteiger partial charge >= 0.3 is 0 Å². The van der Waals surface area contributed by atoms with Crippen LogP contribution in [0.25, 0.3) is 0 Å². The molecule has 2 heteroatoms. The molecule has 0 radical (unpaired) electrons. The van der Waals surface area contributed by atoms with Gasteiger partial charge < -0.3 is 5.11 Å². The summed E-state index contributed by atoms with van der Waals surface area (Å²) in [5.74, 6) is 0.00694. The first-order valence-corrected chi connectivity index (χ1v) is 4.88. The molecule has 1 aliphatic carbocycles. The molecule has 1 rings (SSSR count). The third kappa shape index (κ3) is 1.41. The first kappa shape index (κ1) is 10.7. The SMILES string of the molecule is CC1(C)CC[C@](O)(C(C)(C)C)C1=O. The van der Waals surface area contributed by atoms with Crippen LogP contribution in [0.3, 0.4) is 0 Å². The van der Waals surface area contributed by atoms with Gasteiger partial charge in [-0.3, -0.25) is 4.79 Å². The van der Waals surface area contributed by atoms with E-state index in [0.717, 1.165) is 6.42 Å². The maximum absolute atomic E-state index is 11.9. The van der Waals surface area contributed by atoms with E-state index >= 15 is 0 Å². The monoisotopic (exact) mass is 184 g/mol. The van der Waals surface area contributed by atoms with E-state index in [4.69, 9.17) is 0 Å². The van der Waals surface area contributed by atoms with Crippen molar-refractivity contribution in [3.05, 3.63) is 0 Å². The second-order valence-corrected chi connectivity index (χ2v) is 5.82. The van der Waals surface area contributed by atoms with Crippen molar-refractivity contribution in [1.82, 2.24) is 0 Å². The van der Waals surface area contributed by atoms with Gasteiger partial charge in [0, 0.05) is 5.41 Å². The van der Waals surface area contributed by atoms with Crippen molar-refractivity contribution >= 4 is 5.78 Å². The largest absolute Gasteiger partial charge is 0.382 e. The first-order chi connectivity index (χ1) is 5.61. The molecule has 1 atom stereocenters. The van der Waals surface area contributed by atoms with Crippen LogP contribution in [0.15, 0.2) is 0 Å². The summed E-state index contributed by atoms with van der Waals surface area (Å²) in [6.07, 6.45) is 1.39.